The Morgan fingerprint density at radius 1 is 1.30 bits per heavy atom. The highest BCUT2D eigenvalue weighted by Crippen LogP contribution is 2.24. The Bertz CT molecular complexity index is 646. The number of aryl methyl sites for hydroxylation is 1. The van der Waals surface area contributed by atoms with Crippen LogP contribution in [0.4, 0.5) is 10.1 Å². The fourth-order valence-electron chi connectivity index (χ4n) is 1.88. The third-order valence-corrected chi connectivity index (χ3v) is 3.50. The van der Waals surface area contributed by atoms with Crippen LogP contribution in [0.2, 0.25) is 0 Å². The topological polar surface area (TPSA) is 49.3 Å². The van der Waals surface area contributed by atoms with Crippen LogP contribution < -0.4 is 5.32 Å². The van der Waals surface area contributed by atoms with Gasteiger partial charge < -0.3 is 10.4 Å². The average molecular weight is 338 g/mol. The van der Waals surface area contributed by atoms with E-state index in [4.69, 9.17) is 0 Å². The molecule has 2 N–H and O–H groups in total. The summed E-state index contributed by atoms with van der Waals surface area (Å²) in [5.74, 6) is -1.55. The van der Waals surface area contributed by atoms with Crippen molar-refractivity contribution in [3.63, 3.8) is 0 Å². The maximum absolute atomic E-state index is 13.5. The number of carboxylic acid groups (broad SMARTS) is 1. The molecule has 0 radical (unpaired) electrons. The van der Waals surface area contributed by atoms with Gasteiger partial charge in [-0.3, -0.25) is 0 Å². The summed E-state index contributed by atoms with van der Waals surface area (Å²) >= 11 is 3.05. The van der Waals surface area contributed by atoms with Crippen LogP contribution in [0.5, 0.6) is 0 Å². The first-order valence-corrected chi connectivity index (χ1v) is 6.77. The summed E-state index contributed by atoms with van der Waals surface area (Å²) in [5, 5.41) is 12.2. The summed E-state index contributed by atoms with van der Waals surface area (Å²) in [6.07, 6.45) is 0. The Kier molecular flexibility index (Phi) is 4.39. The number of carbonyl (C=O) groups is 1. The smallest absolute Gasteiger partial charge is 0.330 e. The van der Waals surface area contributed by atoms with Crippen LogP contribution >= 0.6 is 15.9 Å². The molecule has 0 saturated carbocycles. The third kappa shape index (κ3) is 3.36. The van der Waals surface area contributed by atoms with Gasteiger partial charge in [0.2, 0.25) is 0 Å². The second-order valence-electron chi connectivity index (χ2n) is 4.46. The molecular weight excluding hydrogens is 325 g/mol. The molecular formula is C15H13BrFNO2. The normalized spacial score (nSPS) is 11.9. The van der Waals surface area contributed by atoms with Gasteiger partial charge in [0.1, 0.15) is 5.82 Å². The Hall–Kier alpha value is -1.88. The maximum atomic E-state index is 13.5. The lowest BCUT2D eigenvalue weighted by Gasteiger charge is -2.17. The SMILES string of the molecule is Cc1cccc(NC(C(=O)O)c2ccc(Br)c(F)c2)c1. The molecule has 0 bridgehead atoms. The minimum atomic E-state index is -1.06. The molecule has 2 rings (SSSR count). The molecule has 2 aromatic carbocycles. The number of hydrogen-bond acceptors (Lipinski definition) is 2. The zero-order valence-corrected chi connectivity index (χ0v) is 12.3. The van der Waals surface area contributed by atoms with Crippen LogP contribution in [0.25, 0.3) is 0 Å². The molecule has 2 aromatic rings. The number of benzene rings is 2. The summed E-state index contributed by atoms with van der Waals surface area (Å²) in [6, 6.07) is 10.7. The van der Waals surface area contributed by atoms with E-state index >= 15 is 0 Å². The lowest BCUT2D eigenvalue weighted by atomic mass is 10.1. The molecule has 104 valence electrons. The molecule has 0 spiro atoms. The van der Waals surface area contributed by atoms with Crippen LogP contribution in [-0.4, -0.2) is 11.1 Å². The van der Waals surface area contributed by atoms with Crippen molar-refractivity contribution in [2.75, 3.05) is 5.32 Å². The molecule has 0 fully saturated rings. The number of anilines is 1. The van der Waals surface area contributed by atoms with Crippen LogP contribution in [0.15, 0.2) is 46.9 Å². The van der Waals surface area contributed by atoms with Crippen molar-refractivity contribution in [3.05, 3.63) is 63.9 Å². The standard InChI is InChI=1S/C15H13BrFNO2/c1-9-3-2-4-11(7-9)18-14(15(19)20)10-5-6-12(16)13(17)8-10/h2-8,14,18H,1H3,(H,19,20). The number of nitrogens with one attached hydrogen (secondary N) is 1. The van der Waals surface area contributed by atoms with Crippen molar-refractivity contribution in [3.8, 4) is 0 Å². The van der Waals surface area contributed by atoms with Gasteiger partial charge in [0.05, 0.1) is 4.47 Å². The molecule has 20 heavy (non-hydrogen) atoms. The third-order valence-electron chi connectivity index (χ3n) is 2.85. The van der Waals surface area contributed by atoms with Crippen molar-refractivity contribution in [2.24, 2.45) is 0 Å². The quantitative estimate of drug-likeness (QED) is 0.881. The minimum absolute atomic E-state index is 0.306. The van der Waals surface area contributed by atoms with E-state index in [-0.39, 0.29) is 0 Å². The Morgan fingerprint density at radius 2 is 2.05 bits per heavy atom. The van der Waals surface area contributed by atoms with E-state index in [0.717, 1.165) is 5.56 Å². The Labute approximate surface area is 124 Å². The van der Waals surface area contributed by atoms with Crippen molar-refractivity contribution in [2.45, 2.75) is 13.0 Å². The fourth-order valence-corrected chi connectivity index (χ4v) is 2.13. The zero-order valence-electron chi connectivity index (χ0n) is 10.7. The van der Waals surface area contributed by atoms with Gasteiger partial charge in [0, 0.05) is 5.69 Å². The van der Waals surface area contributed by atoms with Crippen LogP contribution in [-0.2, 0) is 4.79 Å². The molecule has 1 unspecified atom stereocenters. The fraction of sp³-hybridized carbons (Fsp3) is 0.133. The van der Waals surface area contributed by atoms with E-state index in [9.17, 15) is 14.3 Å². The molecule has 0 aromatic heterocycles. The van der Waals surface area contributed by atoms with Crippen LogP contribution in [0.3, 0.4) is 0 Å². The second kappa shape index (κ2) is 6.05. The monoisotopic (exact) mass is 337 g/mol. The molecule has 1 atom stereocenters. The predicted molar refractivity (Wildman–Crippen MR) is 79.3 cm³/mol. The van der Waals surface area contributed by atoms with Gasteiger partial charge in [0.25, 0.3) is 0 Å². The first-order valence-electron chi connectivity index (χ1n) is 5.98. The van der Waals surface area contributed by atoms with Gasteiger partial charge in [-0.25, -0.2) is 9.18 Å². The van der Waals surface area contributed by atoms with Crippen molar-refractivity contribution >= 4 is 27.6 Å². The van der Waals surface area contributed by atoms with E-state index in [2.05, 4.69) is 21.2 Å². The first-order chi connectivity index (χ1) is 9.47. The van der Waals surface area contributed by atoms with Gasteiger partial charge in [0.15, 0.2) is 6.04 Å². The molecule has 0 saturated heterocycles. The van der Waals surface area contributed by atoms with Crippen molar-refractivity contribution < 1.29 is 14.3 Å². The van der Waals surface area contributed by atoms with Gasteiger partial charge in [-0.1, -0.05) is 18.2 Å². The summed E-state index contributed by atoms with van der Waals surface area (Å²) in [6.45, 7) is 1.92. The number of rotatable bonds is 4. The largest absolute Gasteiger partial charge is 0.479 e. The summed E-state index contributed by atoms with van der Waals surface area (Å²) in [4.78, 5) is 11.4. The van der Waals surface area contributed by atoms with E-state index in [1.807, 2.05) is 25.1 Å². The summed E-state index contributed by atoms with van der Waals surface area (Å²) in [5.41, 5.74) is 2.06. The van der Waals surface area contributed by atoms with Gasteiger partial charge in [-0.2, -0.15) is 0 Å². The van der Waals surface area contributed by atoms with Crippen LogP contribution in [0, 0.1) is 12.7 Å². The highest BCUT2D eigenvalue weighted by atomic mass is 79.9. The average Bonchev–Trinajstić information content (AvgIpc) is 2.39. The number of halogens is 2. The lowest BCUT2D eigenvalue weighted by Crippen LogP contribution is -2.20. The number of aliphatic carboxylic acids is 1. The Balaban J connectivity index is 2.32. The number of carboxylic acids is 1. The van der Waals surface area contributed by atoms with Crippen molar-refractivity contribution in [1.82, 2.24) is 0 Å². The summed E-state index contributed by atoms with van der Waals surface area (Å²) in [7, 11) is 0. The maximum Gasteiger partial charge on any atom is 0.330 e. The van der Waals surface area contributed by atoms with E-state index in [0.29, 0.717) is 15.7 Å². The van der Waals surface area contributed by atoms with E-state index < -0.39 is 17.8 Å². The second-order valence-corrected chi connectivity index (χ2v) is 5.31. The van der Waals surface area contributed by atoms with Crippen molar-refractivity contribution in [1.29, 1.82) is 0 Å². The first kappa shape index (κ1) is 14.5. The predicted octanol–water partition coefficient (Wildman–Crippen LogP) is 4.13. The molecule has 0 aliphatic heterocycles. The molecule has 0 aliphatic carbocycles. The highest BCUT2D eigenvalue weighted by Gasteiger charge is 2.20. The van der Waals surface area contributed by atoms with Crippen LogP contribution in [0.1, 0.15) is 17.2 Å². The minimum Gasteiger partial charge on any atom is -0.479 e. The molecule has 0 aliphatic rings. The molecule has 5 heteroatoms. The molecule has 3 nitrogen and oxygen atoms in total. The molecule has 0 heterocycles. The lowest BCUT2D eigenvalue weighted by molar-refractivity contribution is -0.138. The highest BCUT2D eigenvalue weighted by molar-refractivity contribution is 9.10. The van der Waals surface area contributed by atoms with E-state index in [1.54, 1.807) is 12.1 Å². The van der Waals surface area contributed by atoms with E-state index in [1.165, 1.54) is 12.1 Å². The van der Waals surface area contributed by atoms with Gasteiger partial charge >= 0.3 is 5.97 Å². The summed E-state index contributed by atoms with van der Waals surface area (Å²) < 4.78 is 13.8. The van der Waals surface area contributed by atoms with Gasteiger partial charge in [-0.15, -0.1) is 0 Å². The Morgan fingerprint density at radius 3 is 2.65 bits per heavy atom. The molecule has 0 amide bonds. The van der Waals surface area contributed by atoms with Gasteiger partial charge in [-0.05, 0) is 58.2 Å². The number of hydrogen-bond donors (Lipinski definition) is 2. The zero-order chi connectivity index (χ0) is 14.7.